The van der Waals surface area contributed by atoms with Gasteiger partial charge in [0.15, 0.2) is 5.13 Å². The molecular weight excluding hydrogens is 389 g/mol. The van der Waals surface area contributed by atoms with Gasteiger partial charge in [0.25, 0.3) is 0 Å². The summed E-state index contributed by atoms with van der Waals surface area (Å²) in [6.07, 6.45) is 2.78. The number of anilines is 2. The molecule has 0 atom stereocenters. The van der Waals surface area contributed by atoms with E-state index in [-0.39, 0.29) is 5.82 Å². The van der Waals surface area contributed by atoms with Crippen molar-refractivity contribution in [1.82, 2.24) is 15.0 Å². The molecule has 5 heterocycles. The van der Waals surface area contributed by atoms with Gasteiger partial charge in [-0.25, -0.2) is 14.4 Å². The largest absolute Gasteiger partial charge is 0.378 e. The second-order valence-corrected chi connectivity index (χ2v) is 8.56. The number of aromatic nitrogens is 3. The summed E-state index contributed by atoms with van der Waals surface area (Å²) in [6.45, 7) is 4.94. The Kier molecular flexibility index (Phi) is 3.95. The molecule has 3 aromatic heterocycles. The van der Waals surface area contributed by atoms with Crippen molar-refractivity contribution in [3.8, 4) is 0 Å². The molecule has 1 N–H and O–H groups in total. The van der Waals surface area contributed by atoms with E-state index in [0.29, 0.717) is 0 Å². The van der Waals surface area contributed by atoms with Gasteiger partial charge in [0.05, 0.1) is 24.1 Å². The third-order valence-corrected chi connectivity index (χ3v) is 6.87. The van der Waals surface area contributed by atoms with Gasteiger partial charge in [-0.1, -0.05) is 11.3 Å². The number of halogens is 1. The third kappa shape index (κ3) is 2.94. The van der Waals surface area contributed by atoms with Gasteiger partial charge in [-0.15, -0.1) is 0 Å². The Bertz CT molecular complexity index is 1210. The van der Waals surface area contributed by atoms with Gasteiger partial charge in [0, 0.05) is 60.8 Å². The highest BCUT2D eigenvalue weighted by atomic mass is 32.1. The van der Waals surface area contributed by atoms with Crippen molar-refractivity contribution in [3.05, 3.63) is 47.5 Å². The SMILES string of the molecule is Fc1ccc2c3c([nH]c2c1)CCN(c1cc2sc(N4CCOCC4)nc2cn1)C3. The van der Waals surface area contributed by atoms with Crippen molar-refractivity contribution in [2.45, 2.75) is 13.0 Å². The van der Waals surface area contributed by atoms with Crippen LogP contribution in [0.2, 0.25) is 0 Å². The van der Waals surface area contributed by atoms with E-state index in [4.69, 9.17) is 14.7 Å². The van der Waals surface area contributed by atoms with E-state index < -0.39 is 0 Å². The predicted molar refractivity (Wildman–Crippen MR) is 113 cm³/mol. The molecule has 2 aliphatic heterocycles. The monoisotopic (exact) mass is 409 g/mol. The summed E-state index contributed by atoms with van der Waals surface area (Å²) in [5, 5.41) is 2.14. The highest BCUT2D eigenvalue weighted by Crippen LogP contribution is 2.34. The molecule has 29 heavy (non-hydrogen) atoms. The van der Waals surface area contributed by atoms with Crippen LogP contribution in [0, 0.1) is 5.82 Å². The smallest absolute Gasteiger partial charge is 0.186 e. The average molecular weight is 409 g/mol. The highest BCUT2D eigenvalue weighted by molar-refractivity contribution is 7.22. The van der Waals surface area contributed by atoms with Gasteiger partial charge in [0.1, 0.15) is 17.2 Å². The average Bonchev–Trinajstić information content (AvgIpc) is 3.34. The first-order chi connectivity index (χ1) is 14.2. The first-order valence-corrected chi connectivity index (χ1v) is 10.7. The van der Waals surface area contributed by atoms with Crippen LogP contribution in [0.3, 0.4) is 0 Å². The van der Waals surface area contributed by atoms with Crippen molar-refractivity contribution in [2.75, 3.05) is 42.6 Å². The number of ether oxygens (including phenoxy) is 1. The number of pyridine rings is 1. The summed E-state index contributed by atoms with van der Waals surface area (Å²) >= 11 is 1.72. The fraction of sp³-hybridized carbons (Fsp3) is 0.333. The zero-order valence-electron chi connectivity index (χ0n) is 15.8. The summed E-state index contributed by atoms with van der Waals surface area (Å²) in [6, 6.07) is 7.13. The van der Waals surface area contributed by atoms with E-state index in [2.05, 4.69) is 20.9 Å². The Morgan fingerprint density at radius 1 is 1.10 bits per heavy atom. The number of hydrogen-bond donors (Lipinski definition) is 1. The van der Waals surface area contributed by atoms with Crippen molar-refractivity contribution in [3.63, 3.8) is 0 Å². The lowest BCUT2D eigenvalue weighted by Gasteiger charge is -2.28. The molecule has 0 saturated carbocycles. The summed E-state index contributed by atoms with van der Waals surface area (Å²) < 4.78 is 20.2. The summed E-state index contributed by atoms with van der Waals surface area (Å²) in [5.74, 6) is 0.762. The van der Waals surface area contributed by atoms with Gasteiger partial charge in [-0.05, 0) is 18.2 Å². The lowest BCUT2D eigenvalue weighted by molar-refractivity contribution is 0.122. The maximum Gasteiger partial charge on any atom is 0.186 e. The van der Waals surface area contributed by atoms with Crippen LogP contribution in [-0.4, -0.2) is 47.8 Å². The number of aromatic amines is 1. The summed E-state index contributed by atoms with van der Waals surface area (Å²) in [7, 11) is 0. The van der Waals surface area contributed by atoms with E-state index in [1.807, 2.05) is 12.3 Å². The molecule has 0 radical (unpaired) electrons. The molecule has 1 fully saturated rings. The van der Waals surface area contributed by atoms with Crippen LogP contribution >= 0.6 is 11.3 Å². The molecule has 4 aromatic rings. The molecule has 8 heteroatoms. The maximum absolute atomic E-state index is 13.6. The quantitative estimate of drug-likeness (QED) is 0.547. The van der Waals surface area contributed by atoms with Crippen LogP contribution in [0.25, 0.3) is 21.1 Å². The lowest BCUT2D eigenvalue weighted by Crippen LogP contribution is -2.36. The van der Waals surface area contributed by atoms with E-state index in [9.17, 15) is 4.39 Å². The molecule has 0 aliphatic carbocycles. The molecule has 1 aromatic carbocycles. The zero-order chi connectivity index (χ0) is 19.4. The molecule has 148 valence electrons. The van der Waals surface area contributed by atoms with Crippen molar-refractivity contribution in [1.29, 1.82) is 0 Å². The van der Waals surface area contributed by atoms with E-state index in [1.54, 1.807) is 17.4 Å². The van der Waals surface area contributed by atoms with Crippen LogP contribution in [0.1, 0.15) is 11.3 Å². The Balaban J connectivity index is 1.32. The van der Waals surface area contributed by atoms with E-state index in [0.717, 1.165) is 77.9 Å². The number of fused-ring (bicyclic) bond motifs is 4. The van der Waals surface area contributed by atoms with Crippen LogP contribution < -0.4 is 9.80 Å². The van der Waals surface area contributed by atoms with Gasteiger partial charge < -0.3 is 19.5 Å². The summed E-state index contributed by atoms with van der Waals surface area (Å²) in [4.78, 5) is 17.4. The molecule has 0 amide bonds. The topological polar surface area (TPSA) is 57.3 Å². The van der Waals surface area contributed by atoms with Crippen molar-refractivity contribution >= 4 is 43.4 Å². The standard InChI is InChI=1S/C21H20FN5OS/c22-13-1-2-14-15-12-27(4-3-16(15)24-17(14)9-13)20-10-19-18(11-23-20)25-21(29-19)26-5-7-28-8-6-26/h1-2,9-11,24H,3-8,12H2. The molecular formula is C21H20FN5OS. The summed E-state index contributed by atoms with van der Waals surface area (Å²) in [5.41, 5.74) is 4.26. The Morgan fingerprint density at radius 2 is 2.00 bits per heavy atom. The van der Waals surface area contributed by atoms with Crippen LogP contribution in [0.15, 0.2) is 30.5 Å². The minimum atomic E-state index is -0.207. The fourth-order valence-corrected chi connectivity index (χ4v) is 5.28. The van der Waals surface area contributed by atoms with Crippen LogP contribution in [0.5, 0.6) is 0 Å². The minimum Gasteiger partial charge on any atom is -0.378 e. The van der Waals surface area contributed by atoms with Crippen molar-refractivity contribution < 1.29 is 9.13 Å². The molecule has 6 nitrogen and oxygen atoms in total. The van der Waals surface area contributed by atoms with E-state index >= 15 is 0 Å². The lowest BCUT2D eigenvalue weighted by atomic mass is 10.0. The van der Waals surface area contributed by atoms with Gasteiger partial charge >= 0.3 is 0 Å². The number of thiazole rings is 1. The normalized spacial score (nSPS) is 17.3. The van der Waals surface area contributed by atoms with Crippen molar-refractivity contribution in [2.24, 2.45) is 0 Å². The molecule has 6 rings (SSSR count). The zero-order valence-corrected chi connectivity index (χ0v) is 16.6. The first-order valence-electron chi connectivity index (χ1n) is 9.88. The van der Waals surface area contributed by atoms with Crippen LogP contribution in [0.4, 0.5) is 15.3 Å². The Labute approximate surface area is 170 Å². The number of H-pyrrole nitrogens is 1. The number of morpholine rings is 1. The first kappa shape index (κ1) is 17.2. The minimum absolute atomic E-state index is 0.207. The number of benzene rings is 1. The van der Waals surface area contributed by atoms with Gasteiger partial charge in [0.2, 0.25) is 0 Å². The molecule has 0 spiro atoms. The van der Waals surface area contributed by atoms with E-state index in [1.165, 1.54) is 17.3 Å². The molecule has 0 unspecified atom stereocenters. The number of hydrogen-bond acceptors (Lipinski definition) is 6. The number of rotatable bonds is 2. The molecule has 0 bridgehead atoms. The van der Waals surface area contributed by atoms with Crippen LogP contribution in [-0.2, 0) is 17.7 Å². The Morgan fingerprint density at radius 3 is 2.90 bits per heavy atom. The second kappa shape index (κ2) is 6.67. The highest BCUT2D eigenvalue weighted by Gasteiger charge is 2.23. The third-order valence-electron chi connectivity index (χ3n) is 5.79. The molecule has 2 aliphatic rings. The number of nitrogens with one attached hydrogen (secondary N) is 1. The van der Waals surface area contributed by atoms with Gasteiger partial charge in [-0.3, -0.25) is 0 Å². The Hall–Kier alpha value is -2.71. The molecule has 1 saturated heterocycles. The second-order valence-electron chi connectivity index (χ2n) is 7.55. The number of nitrogens with zero attached hydrogens (tertiary/aromatic N) is 4. The predicted octanol–water partition coefficient (Wildman–Crippen LogP) is 3.71. The maximum atomic E-state index is 13.6. The fourth-order valence-electron chi connectivity index (χ4n) is 4.26. The van der Waals surface area contributed by atoms with Gasteiger partial charge in [-0.2, -0.15) is 0 Å².